The van der Waals surface area contributed by atoms with Crippen molar-refractivity contribution in [2.45, 2.75) is 25.9 Å². The molecule has 0 N–H and O–H groups in total. The first-order valence-corrected chi connectivity index (χ1v) is 7.79. The number of rotatable bonds is 7. The molecule has 1 aromatic rings. The van der Waals surface area contributed by atoms with Crippen molar-refractivity contribution in [1.29, 1.82) is 0 Å². The van der Waals surface area contributed by atoms with Crippen LogP contribution in [0.4, 0.5) is 0 Å². The highest BCUT2D eigenvalue weighted by atomic mass is 79.9. The normalized spacial score (nSPS) is 19.0. The molecule has 3 nitrogen and oxygen atoms in total. The summed E-state index contributed by atoms with van der Waals surface area (Å²) in [5.41, 5.74) is 0. The average Bonchev–Trinajstić information content (AvgIpc) is 2.90. The molecule has 1 atom stereocenters. The standard InChI is InChI=1S/C15H22BrNO2/c1-2-17(12-15-7-4-9-18-15)8-10-19-14-6-3-5-13(16)11-14/h3,5-6,11,15H,2,4,7-10,12H2,1H3. The summed E-state index contributed by atoms with van der Waals surface area (Å²) < 4.78 is 12.5. The summed E-state index contributed by atoms with van der Waals surface area (Å²) in [6.45, 7) is 6.85. The van der Waals surface area contributed by atoms with Crippen LogP contribution in [0.15, 0.2) is 28.7 Å². The number of hydrogen-bond acceptors (Lipinski definition) is 3. The first kappa shape index (κ1) is 14.8. The van der Waals surface area contributed by atoms with Crippen molar-refractivity contribution in [2.24, 2.45) is 0 Å². The number of likely N-dealkylation sites (N-methyl/N-ethyl adjacent to an activating group) is 1. The van der Waals surface area contributed by atoms with E-state index in [1.165, 1.54) is 12.8 Å². The SMILES string of the molecule is CCN(CCOc1cccc(Br)c1)CC1CCCO1. The van der Waals surface area contributed by atoms with Crippen LogP contribution in [0.2, 0.25) is 0 Å². The van der Waals surface area contributed by atoms with Gasteiger partial charge in [0, 0.05) is 24.2 Å². The summed E-state index contributed by atoms with van der Waals surface area (Å²) in [5, 5.41) is 0. The van der Waals surface area contributed by atoms with Crippen molar-refractivity contribution >= 4 is 15.9 Å². The van der Waals surface area contributed by atoms with Gasteiger partial charge in [-0.2, -0.15) is 0 Å². The fraction of sp³-hybridized carbons (Fsp3) is 0.600. The van der Waals surface area contributed by atoms with E-state index >= 15 is 0 Å². The van der Waals surface area contributed by atoms with Crippen LogP contribution >= 0.6 is 15.9 Å². The molecule has 0 radical (unpaired) electrons. The van der Waals surface area contributed by atoms with Crippen LogP contribution in [0.1, 0.15) is 19.8 Å². The van der Waals surface area contributed by atoms with Crippen LogP contribution in [0.5, 0.6) is 5.75 Å². The van der Waals surface area contributed by atoms with Crippen molar-refractivity contribution in [3.63, 3.8) is 0 Å². The Morgan fingerprint density at radius 2 is 2.37 bits per heavy atom. The maximum absolute atomic E-state index is 5.77. The molecule has 1 saturated heterocycles. The summed E-state index contributed by atoms with van der Waals surface area (Å²) in [5.74, 6) is 0.919. The first-order valence-electron chi connectivity index (χ1n) is 7.00. The minimum Gasteiger partial charge on any atom is -0.492 e. The van der Waals surface area contributed by atoms with E-state index in [0.717, 1.165) is 43.1 Å². The van der Waals surface area contributed by atoms with Gasteiger partial charge in [-0.15, -0.1) is 0 Å². The van der Waals surface area contributed by atoms with Crippen molar-refractivity contribution in [3.05, 3.63) is 28.7 Å². The topological polar surface area (TPSA) is 21.7 Å². The number of nitrogens with zero attached hydrogens (tertiary/aromatic N) is 1. The van der Waals surface area contributed by atoms with Crippen molar-refractivity contribution in [1.82, 2.24) is 4.90 Å². The molecule has 1 aliphatic rings. The van der Waals surface area contributed by atoms with Crippen LogP contribution in [-0.2, 0) is 4.74 Å². The molecule has 0 spiro atoms. The largest absolute Gasteiger partial charge is 0.492 e. The van der Waals surface area contributed by atoms with E-state index in [-0.39, 0.29) is 0 Å². The predicted octanol–water partition coefficient (Wildman–Crippen LogP) is 3.33. The molecule has 19 heavy (non-hydrogen) atoms. The molecular weight excluding hydrogens is 306 g/mol. The summed E-state index contributed by atoms with van der Waals surface area (Å²) in [4.78, 5) is 2.40. The molecule has 0 bridgehead atoms. The van der Waals surface area contributed by atoms with Gasteiger partial charge in [0.25, 0.3) is 0 Å². The minimum absolute atomic E-state index is 0.422. The maximum Gasteiger partial charge on any atom is 0.120 e. The van der Waals surface area contributed by atoms with Gasteiger partial charge in [0.2, 0.25) is 0 Å². The molecule has 106 valence electrons. The van der Waals surface area contributed by atoms with E-state index in [0.29, 0.717) is 6.10 Å². The lowest BCUT2D eigenvalue weighted by Crippen LogP contribution is -2.35. The van der Waals surface area contributed by atoms with E-state index in [4.69, 9.17) is 9.47 Å². The molecule has 1 heterocycles. The summed E-state index contributed by atoms with van der Waals surface area (Å²) in [7, 11) is 0. The Labute approximate surface area is 124 Å². The quantitative estimate of drug-likeness (QED) is 0.766. The Kier molecular flexibility index (Phi) is 6.14. The number of halogens is 1. The Bertz CT molecular complexity index is 380. The van der Waals surface area contributed by atoms with Crippen LogP contribution in [-0.4, -0.2) is 43.9 Å². The van der Waals surface area contributed by atoms with Crippen molar-refractivity contribution in [3.8, 4) is 5.75 Å². The molecule has 0 aromatic heterocycles. The smallest absolute Gasteiger partial charge is 0.120 e. The molecule has 0 aliphatic carbocycles. The van der Waals surface area contributed by atoms with E-state index in [9.17, 15) is 0 Å². The second kappa shape index (κ2) is 7.88. The van der Waals surface area contributed by atoms with Crippen LogP contribution < -0.4 is 4.74 Å². The first-order chi connectivity index (χ1) is 9.28. The van der Waals surface area contributed by atoms with Crippen molar-refractivity contribution in [2.75, 3.05) is 32.8 Å². The third-order valence-corrected chi connectivity index (χ3v) is 3.90. The molecule has 0 amide bonds. The Morgan fingerprint density at radius 3 is 3.05 bits per heavy atom. The van der Waals surface area contributed by atoms with Gasteiger partial charge in [-0.05, 0) is 37.6 Å². The minimum atomic E-state index is 0.422. The molecule has 1 aromatic carbocycles. The summed E-state index contributed by atoms with van der Waals surface area (Å²) in [6.07, 6.45) is 2.82. The lowest BCUT2D eigenvalue weighted by Gasteiger charge is -2.23. The van der Waals surface area contributed by atoms with E-state index in [2.05, 4.69) is 27.8 Å². The van der Waals surface area contributed by atoms with Crippen molar-refractivity contribution < 1.29 is 9.47 Å². The zero-order valence-electron chi connectivity index (χ0n) is 11.5. The second-order valence-corrected chi connectivity index (χ2v) is 5.75. The van der Waals surface area contributed by atoms with Gasteiger partial charge in [0.1, 0.15) is 12.4 Å². The zero-order chi connectivity index (χ0) is 13.5. The van der Waals surface area contributed by atoms with Gasteiger partial charge >= 0.3 is 0 Å². The lowest BCUT2D eigenvalue weighted by atomic mass is 10.2. The number of ether oxygens (including phenoxy) is 2. The average molecular weight is 328 g/mol. The fourth-order valence-electron chi connectivity index (χ4n) is 2.30. The molecule has 1 fully saturated rings. The molecule has 0 saturated carbocycles. The lowest BCUT2D eigenvalue weighted by molar-refractivity contribution is 0.0701. The van der Waals surface area contributed by atoms with Crippen LogP contribution in [0, 0.1) is 0 Å². The molecule has 1 aliphatic heterocycles. The van der Waals surface area contributed by atoms with E-state index < -0.39 is 0 Å². The number of benzene rings is 1. The van der Waals surface area contributed by atoms with Gasteiger partial charge in [-0.25, -0.2) is 0 Å². The fourth-order valence-corrected chi connectivity index (χ4v) is 2.68. The highest BCUT2D eigenvalue weighted by molar-refractivity contribution is 9.10. The maximum atomic E-state index is 5.77. The highest BCUT2D eigenvalue weighted by Crippen LogP contribution is 2.18. The molecule has 1 unspecified atom stereocenters. The Hall–Kier alpha value is -0.580. The zero-order valence-corrected chi connectivity index (χ0v) is 13.1. The Morgan fingerprint density at radius 1 is 1.47 bits per heavy atom. The highest BCUT2D eigenvalue weighted by Gasteiger charge is 2.18. The van der Waals surface area contributed by atoms with Crippen LogP contribution in [0.3, 0.4) is 0 Å². The molecule has 2 rings (SSSR count). The predicted molar refractivity (Wildman–Crippen MR) is 80.7 cm³/mol. The van der Waals surface area contributed by atoms with Crippen LogP contribution in [0.25, 0.3) is 0 Å². The van der Waals surface area contributed by atoms with Gasteiger partial charge in [0.05, 0.1) is 6.10 Å². The third kappa shape index (κ3) is 5.13. The summed E-state index contributed by atoms with van der Waals surface area (Å²) in [6, 6.07) is 7.98. The summed E-state index contributed by atoms with van der Waals surface area (Å²) >= 11 is 3.45. The molecular formula is C15H22BrNO2. The van der Waals surface area contributed by atoms with E-state index in [1.54, 1.807) is 0 Å². The second-order valence-electron chi connectivity index (χ2n) is 4.83. The third-order valence-electron chi connectivity index (χ3n) is 3.41. The molecule has 4 heteroatoms. The Balaban J connectivity index is 1.70. The van der Waals surface area contributed by atoms with E-state index in [1.807, 2.05) is 24.3 Å². The monoisotopic (exact) mass is 327 g/mol. The van der Waals surface area contributed by atoms with Gasteiger partial charge < -0.3 is 9.47 Å². The van der Waals surface area contributed by atoms with Gasteiger partial charge in [-0.3, -0.25) is 4.90 Å². The van der Waals surface area contributed by atoms with Gasteiger partial charge in [-0.1, -0.05) is 28.9 Å². The number of hydrogen-bond donors (Lipinski definition) is 0. The van der Waals surface area contributed by atoms with Gasteiger partial charge in [0.15, 0.2) is 0 Å².